The van der Waals surface area contributed by atoms with Crippen molar-refractivity contribution in [2.45, 2.75) is 18.9 Å². The Morgan fingerprint density at radius 1 is 0.920 bits per heavy atom. The number of rotatable bonds is 4. The monoisotopic (exact) mass is 331 g/mol. The molecule has 1 aliphatic carbocycles. The van der Waals surface area contributed by atoms with E-state index in [2.05, 4.69) is 15.6 Å². The van der Waals surface area contributed by atoms with Gasteiger partial charge in [0, 0.05) is 22.7 Å². The van der Waals surface area contributed by atoms with Gasteiger partial charge in [-0.25, -0.2) is 4.98 Å². The number of para-hydroxylation sites is 1. The molecule has 124 valence electrons. The lowest BCUT2D eigenvalue weighted by Crippen LogP contribution is -2.25. The Labute approximate surface area is 145 Å². The van der Waals surface area contributed by atoms with Crippen molar-refractivity contribution >= 4 is 28.4 Å². The summed E-state index contributed by atoms with van der Waals surface area (Å²) in [6.45, 7) is 0. The fourth-order valence-electron chi connectivity index (χ4n) is 2.62. The van der Waals surface area contributed by atoms with Crippen LogP contribution in [0.25, 0.3) is 10.9 Å². The molecule has 5 nitrogen and oxygen atoms in total. The van der Waals surface area contributed by atoms with Crippen LogP contribution in [-0.2, 0) is 0 Å². The first-order valence-electron chi connectivity index (χ1n) is 8.27. The SMILES string of the molecule is O=C(NC1CC1)c1cccc(NC(=O)c2ccc3ccccc3n2)c1. The molecule has 2 aromatic carbocycles. The fourth-order valence-corrected chi connectivity index (χ4v) is 2.62. The van der Waals surface area contributed by atoms with Crippen molar-refractivity contribution in [3.05, 3.63) is 71.9 Å². The Balaban J connectivity index is 1.52. The number of fused-ring (bicyclic) bond motifs is 1. The van der Waals surface area contributed by atoms with Crippen molar-refractivity contribution in [2.24, 2.45) is 0 Å². The van der Waals surface area contributed by atoms with Crippen LogP contribution in [0.5, 0.6) is 0 Å². The van der Waals surface area contributed by atoms with Gasteiger partial charge in [0.15, 0.2) is 0 Å². The summed E-state index contributed by atoms with van der Waals surface area (Å²) in [5.74, 6) is -0.409. The van der Waals surface area contributed by atoms with Crippen molar-refractivity contribution in [1.29, 1.82) is 0 Å². The summed E-state index contributed by atoms with van der Waals surface area (Å²) in [4.78, 5) is 29.0. The molecular weight excluding hydrogens is 314 g/mol. The maximum atomic E-state index is 12.5. The van der Waals surface area contributed by atoms with E-state index in [1.807, 2.05) is 30.3 Å². The van der Waals surface area contributed by atoms with Crippen LogP contribution in [0.4, 0.5) is 5.69 Å². The molecule has 0 saturated heterocycles. The Hall–Kier alpha value is -3.21. The molecule has 3 aromatic rings. The summed E-state index contributed by atoms with van der Waals surface area (Å²) < 4.78 is 0. The van der Waals surface area contributed by atoms with Crippen LogP contribution in [0.1, 0.15) is 33.7 Å². The molecule has 1 heterocycles. The molecule has 0 bridgehead atoms. The molecule has 1 aromatic heterocycles. The minimum absolute atomic E-state index is 0.109. The highest BCUT2D eigenvalue weighted by Crippen LogP contribution is 2.20. The third-order valence-electron chi connectivity index (χ3n) is 4.13. The number of anilines is 1. The number of carbonyl (C=O) groups is 2. The van der Waals surface area contributed by atoms with Gasteiger partial charge in [-0.15, -0.1) is 0 Å². The number of aromatic nitrogens is 1. The van der Waals surface area contributed by atoms with E-state index >= 15 is 0 Å². The molecule has 1 aliphatic rings. The third kappa shape index (κ3) is 3.50. The third-order valence-corrected chi connectivity index (χ3v) is 4.13. The summed E-state index contributed by atoms with van der Waals surface area (Å²) in [6.07, 6.45) is 2.07. The second kappa shape index (κ2) is 6.36. The van der Waals surface area contributed by atoms with E-state index in [1.54, 1.807) is 30.3 Å². The maximum absolute atomic E-state index is 12.5. The van der Waals surface area contributed by atoms with Gasteiger partial charge in [-0.2, -0.15) is 0 Å². The molecular formula is C20H17N3O2. The first-order valence-corrected chi connectivity index (χ1v) is 8.27. The molecule has 1 fully saturated rings. The van der Waals surface area contributed by atoms with E-state index in [1.165, 1.54) is 0 Å². The Morgan fingerprint density at radius 2 is 1.76 bits per heavy atom. The quantitative estimate of drug-likeness (QED) is 0.770. The van der Waals surface area contributed by atoms with E-state index in [4.69, 9.17) is 0 Å². The molecule has 5 heteroatoms. The van der Waals surface area contributed by atoms with Crippen molar-refractivity contribution in [3.8, 4) is 0 Å². The summed E-state index contributed by atoms with van der Waals surface area (Å²) in [7, 11) is 0. The standard InChI is InChI=1S/C20H17N3O2/c24-19(21-15-9-10-15)14-5-3-6-16(12-14)22-20(25)18-11-8-13-4-1-2-7-17(13)23-18/h1-8,11-12,15H,9-10H2,(H,21,24)(H,22,25). The minimum atomic E-state index is -0.300. The van der Waals surface area contributed by atoms with Gasteiger partial charge < -0.3 is 10.6 Å². The molecule has 0 unspecified atom stereocenters. The number of nitrogens with zero attached hydrogens (tertiary/aromatic N) is 1. The van der Waals surface area contributed by atoms with E-state index in [-0.39, 0.29) is 11.8 Å². The number of hydrogen-bond acceptors (Lipinski definition) is 3. The van der Waals surface area contributed by atoms with Gasteiger partial charge >= 0.3 is 0 Å². The second-order valence-electron chi connectivity index (χ2n) is 6.17. The van der Waals surface area contributed by atoms with Crippen molar-refractivity contribution < 1.29 is 9.59 Å². The average molecular weight is 331 g/mol. The average Bonchev–Trinajstić information content (AvgIpc) is 3.45. The van der Waals surface area contributed by atoms with Crippen molar-refractivity contribution in [3.63, 3.8) is 0 Å². The van der Waals surface area contributed by atoms with E-state index in [9.17, 15) is 9.59 Å². The summed E-state index contributed by atoms with van der Waals surface area (Å²) in [5.41, 5.74) is 2.22. The zero-order valence-corrected chi connectivity index (χ0v) is 13.5. The van der Waals surface area contributed by atoms with Gasteiger partial charge in [-0.1, -0.05) is 30.3 Å². The molecule has 2 amide bonds. The molecule has 4 rings (SSSR count). The summed E-state index contributed by atoms with van der Waals surface area (Å²) in [5, 5.41) is 6.73. The number of amides is 2. The normalized spacial score (nSPS) is 13.4. The van der Waals surface area contributed by atoms with Gasteiger partial charge in [-0.3, -0.25) is 9.59 Å². The minimum Gasteiger partial charge on any atom is -0.349 e. The maximum Gasteiger partial charge on any atom is 0.274 e. The van der Waals surface area contributed by atoms with Crippen LogP contribution in [0, 0.1) is 0 Å². The number of carbonyl (C=O) groups excluding carboxylic acids is 2. The summed E-state index contributed by atoms with van der Waals surface area (Å²) in [6, 6.07) is 18.4. The zero-order valence-electron chi connectivity index (χ0n) is 13.5. The van der Waals surface area contributed by atoms with Gasteiger partial charge in [-0.05, 0) is 43.2 Å². The number of hydrogen-bond donors (Lipinski definition) is 2. The first-order chi connectivity index (χ1) is 12.2. The molecule has 25 heavy (non-hydrogen) atoms. The van der Waals surface area contributed by atoms with Gasteiger partial charge in [0.2, 0.25) is 0 Å². The van der Waals surface area contributed by atoms with Crippen LogP contribution in [0.3, 0.4) is 0 Å². The highest BCUT2D eigenvalue weighted by Gasteiger charge is 2.23. The van der Waals surface area contributed by atoms with Gasteiger partial charge in [0.25, 0.3) is 11.8 Å². The largest absolute Gasteiger partial charge is 0.349 e. The lowest BCUT2D eigenvalue weighted by molar-refractivity contribution is 0.0949. The van der Waals surface area contributed by atoms with Gasteiger partial charge in [0.05, 0.1) is 5.52 Å². The summed E-state index contributed by atoms with van der Waals surface area (Å²) >= 11 is 0. The van der Waals surface area contributed by atoms with E-state index in [0.717, 1.165) is 23.7 Å². The topological polar surface area (TPSA) is 71.1 Å². The molecule has 2 N–H and O–H groups in total. The number of benzene rings is 2. The number of nitrogens with one attached hydrogen (secondary N) is 2. The van der Waals surface area contributed by atoms with Gasteiger partial charge in [0.1, 0.15) is 5.69 Å². The molecule has 1 saturated carbocycles. The zero-order chi connectivity index (χ0) is 17.2. The number of pyridine rings is 1. The van der Waals surface area contributed by atoms with Crippen molar-refractivity contribution in [2.75, 3.05) is 5.32 Å². The van der Waals surface area contributed by atoms with Crippen LogP contribution in [0.15, 0.2) is 60.7 Å². The lowest BCUT2D eigenvalue weighted by Gasteiger charge is -2.08. The predicted octanol–water partition coefficient (Wildman–Crippen LogP) is 3.38. The lowest BCUT2D eigenvalue weighted by atomic mass is 10.1. The van der Waals surface area contributed by atoms with E-state index in [0.29, 0.717) is 23.0 Å². The Morgan fingerprint density at radius 3 is 2.60 bits per heavy atom. The molecule has 0 aliphatic heterocycles. The molecule has 0 spiro atoms. The Bertz CT molecular complexity index is 964. The van der Waals surface area contributed by atoms with Crippen LogP contribution < -0.4 is 10.6 Å². The van der Waals surface area contributed by atoms with E-state index < -0.39 is 0 Å². The highest BCUT2D eigenvalue weighted by molar-refractivity contribution is 6.05. The fraction of sp³-hybridized carbons (Fsp3) is 0.150. The van der Waals surface area contributed by atoms with Crippen LogP contribution in [0.2, 0.25) is 0 Å². The highest BCUT2D eigenvalue weighted by atomic mass is 16.2. The van der Waals surface area contributed by atoms with Crippen molar-refractivity contribution in [1.82, 2.24) is 10.3 Å². The molecule has 0 atom stereocenters. The first kappa shape index (κ1) is 15.3. The second-order valence-corrected chi connectivity index (χ2v) is 6.17. The molecule has 0 radical (unpaired) electrons. The van der Waals surface area contributed by atoms with Crippen LogP contribution >= 0.6 is 0 Å². The Kier molecular flexibility index (Phi) is 3.90. The van der Waals surface area contributed by atoms with Crippen LogP contribution in [-0.4, -0.2) is 22.8 Å². The smallest absolute Gasteiger partial charge is 0.274 e. The predicted molar refractivity (Wildman–Crippen MR) is 96.6 cm³/mol.